The Bertz CT molecular complexity index is 633. The Kier molecular flexibility index (Phi) is 8.38. The normalized spacial score (nSPS) is 18.9. The molecule has 1 saturated heterocycles. The summed E-state index contributed by atoms with van der Waals surface area (Å²) in [6.45, 7) is 3.04. The van der Waals surface area contributed by atoms with E-state index in [1.165, 1.54) is 0 Å². The maximum atomic E-state index is 14.3. The van der Waals surface area contributed by atoms with Gasteiger partial charge in [0, 0.05) is 19.0 Å². The minimum atomic E-state index is -2.17. The molecule has 0 bridgehead atoms. The molecule has 0 radical (unpaired) electrons. The van der Waals surface area contributed by atoms with E-state index in [9.17, 15) is 19.1 Å². The molecule has 3 N–H and O–H groups in total. The van der Waals surface area contributed by atoms with Gasteiger partial charge in [-0.05, 0) is 44.6 Å². The van der Waals surface area contributed by atoms with Crippen LogP contribution in [-0.4, -0.2) is 59.9 Å². The zero-order valence-electron chi connectivity index (χ0n) is 16.5. The summed E-state index contributed by atoms with van der Waals surface area (Å²) in [6, 6.07) is 9.80. The van der Waals surface area contributed by atoms with Gasteiger partial charge in [-0.25, -0.2) is 4.39 Å². The summed E-state index contributed by atoms with van der Waals surface area (Å²) in [5.74, 6) is -1.71. The van der Waals surface area contributed by atoms with Crippen LogP contribution in [0.2, 0.25) is 0 Å². The molecule has 1 unspecified atom stereocenters. The van der Waals surface area contributed by atoms with Gasteiger partial charge < -0.3 is 20.5 Å². The van der Waals surface area contributed by atoms with E-state index in [-0.39, 0.29) is 25.2 Å². The number of benzene rings is 1. The third-order valence-corrected chi connectivity index (χ3v) is 5.31. The van der Waals surface area contributed by atoms with E-state index in [1.807, 2.05) is 30.3 Å². The van der Waals surface area contributed by atoms with Crippen LogP contribution in [0.3, 0.4) is 0 Å². The van der Waals surface area contributed by atoms with E-state index in [0.717, 1.165) is 12.5 Å². The minimum absolute atomic E-state index is 0.123. The second-order valence-corrected chi connectivity index (χ2v) is 7.65. The number of aryl methyl sites for hydroxylation is 1. The molecule has 1 heterocycles. The number of nitrogens with zero attached hydrogens (tertiary/aromatic N) is 1. The van der Waals surface area contributed by atoms with E-state index in [2.05, 4.69) is 0 Å². The predicted molar refractivity (Wildman–Crippen MR) is 104 cm³/mol. The maximum Gasteiger partial charge on any atom is 0.254 e. The number of aliphatic hydroxyl groups excluding tert-OH is 1. The molecule has 1 fully saturated rings. The zero-order chi connectivity index (χ0) is 20.6. The number of hydrogen-bond acceptors (Lipinski definition) is 4. The smallest absolute Gasteiger partial charge is 0.254 e. The Balaban J connectivity index is 1.97. The summed E-state index contributed by atoms with van der Waals surface area (Å²) in [5, 5.41) is 10.5. The molecule has 3 atom stereocenters. The van der Waals surface area contributed by atoms with E-state index >= 15 is 0 Å². The standard InChI is InChI=1S/C21H31FN2O4/c1-21(22,20(23)27)10-9-17(19(26)24-11-13-28-14-12-24)15-18(25)8-7-16-5-3-2-4-6-16/h2-6,17-18,25H,7-15H2,1H3,(H2,23,27)/t17-,18+,21?/m1/s1. The molecule has 7 heteroatoms. The molecule has 28 heavy (non-hydrogen) atoms. The molecule has 0 aliphatic carbocycles. The van der Waals surface area contributed by atoms with Crippen LogP contribution in [0.5, 0.6) is 0 Å². The van der Waals surface area contributed by atoms with Crippen molar-refractivity contribution in [2.45, 2.75) is 50.8 Å². The lowest BCUT2D eigenvalue weighted by Crippen LogP contribution is -2.45. The van der Waals surface area contributed by atoms with Crippen LogP contribution in [0.4, 0.5) is 4.39 Å². The van der Waals surface area contributed by atoms with Crippen LogP contribution in [0.1, 0.15) is 38.2 Å². The average molecular weight is 394 g/mol. The third-order valence-electron chi connectivity index (χ3n) is 5.31. The summed E-state index contributed by atoms with van der Waals surface area (Å²) in [7, 11) is 0. The quantitative estimate of drug-likeness (QED) is 0.633. The first kappa shape index (κ1) is 22.3. The molecule has 2 rings (SSSR count). The number of halogens is 1. The molecule has 6 nitrogen and oxygen atoms in total. The van der Waals surface area contributed by atoms with Crippen molar-refractivity contribution in [3.63, 3.8) is 0 Å². The predicted octanol–water partition coefficient (Wildman–Crippen LogP) is 1.84. The number of amides is 2. The Hall–Kier alpha value is -1.99. The van der Waals surface area contributed by atoms with E-state index < -0.39 is 23.6 Å². The number of primary amides is 1. The van der Waals surface area contributed by atoms with Crippen LogP contribution in [0.15, 0.2) is 30.3 Å². The number of carbonyl (C=O) groups excluding carboxylic acids is 2. The molecule has 2 amide bonds. The van der Waals surface area contributed by atoms with Gasteiger partial charge in [-0.15, -0.1) is 0 Å². The number of rotatable bonds is 10. The molecule has 1 aromatic carbocycles. The van der Waals surface area contributed by atoms with Crippen LogP contribution in [-0.2, 0) is 20.7 Å². The van der Waals surface area contributed by atoms with Crippen LogP contribution in [0.25, 0.3) is 0 Å². The highest BCUT2D eigenvalue weighted by molar-refractivity contribution is 5.83. The second-order valence-electron chi connectivity index (χ2n) is 7.65. The van der Waals surface area contributed by atoms with Crippen molar-refractivity contribution >= 4 is 11.8 Å². The van der Waals surface area contributed by atoms with Crippen molar-refractivity contribution in [2.75, 3.05) is 26.3 Å². The van der Waals surface area contributed by atoms with Gasteiger partial charge in [0.2, 0.25) is 5.91 Å². The van der Waals surface area contributed by atoms with Gasteiger partial charge in [-0.3, -0.25) is 9.59 Å². The van der Waals surface area contributed by atoms with Crippen molar-refractivity contribution in [3.05, 3.63) is 35.9 Å². The van der Waals surface area contributed by atoms with Gasteiger partial charge in [0.25, 0.3) is 5.91 Å². The summed E-state index contributed by atoms with van der Waals surface area (Å²) in [5.41, 5.74) is 4.06. The largest absolute Gasteiger partial charge is 0.393 e. The Morgan fingerprint density at radius 2 is 1.89 bits per heavy atom. The fourth-order valence-electron chi connectivity index (χ4n) is 3.38. The molecule has 1 aliphatic heterocycles. The van der Waals surface area contributed by atoms with Gasteiger partial charge in [0.05, 0.1) is 19.3 Å². The molecular formula is C21H31FN2O4. The fraction of sp³-hybridized carbons (Fsp3) is 0.619. The zero-order valence-corrected chi connectivity index (χ0v) is 16.5. The number of hydrogen-bond donors (Lipinski definition) is 2. The summed E-state index contributed by atoms with van der Waals surface area (Å²) in [4.78, 5) is 25.9. The fourth-order valence-corrected chi connectivity index (χ4v) is 3.38. The lowest BCUT2D eigenvalue weighted by Gasteiger charge is -2.32. The Morgan fingerprint density at radius 3 is 2.50 bits per heavy atom. The average Bonchev–Trinajstić information content (AvgIpc) is 2.70. The first-order valence-electron chi connectivity index (χ1n) is 9.87. The monoisotopic (exact) mass is 394 g/mol. The number of alkyl halides is 1. The van der Waals surface area contributed by atoms with E-state index in [4.69, 9.17) is 10.5 Å². The number of nitrogens with two attached hydrogens (primary N) is 1. The Labute approximate surface area is 165 Å². The van der Waals surface area contributed by atoms with Crippen LogP contribution < -0.4 is 5.73 Å². The summed E-state index contributed by atoms with van der Waals surface area (Å²) < 4.78 is 19.6. The molecule has 0 saturated carbocycles. The highest BCUT2D eigenvalue weighted by Crippen LogP contribution is 2.26. The molecule has 0 spiro atoms. The van der Waals surface area contributed by atoms with E-state index in [1.54, 1.807) is 4.90 Å². The highest BCUT2D eigenvalue weighted by atomic mass is 19.1. The van der Waals surface area contributed by atoms with Crippen molar-refractivity contribution < 1.29 is 23.8 Å². The number of morpholine rings is 1. The third kappa shape index (κ3) is 6.87. The van der Waals surface area contributed by atoms with Gasteiger partial charge >= 0.3 is 0 Å². The van der Waals surface area contributed by atoms with Crippen molar-refractivity contribution in [1.82, 2.24) is 4.90 Å². The summed E-state index contributed by atoms with van der Waals surface area (Å²) >= 11 is 0. The number of carbonyl (C=O) groups is 2. The lowest BCUT2D eigenvalue weighted by molar-refractivity contribution is -0.142. The van der Waals surface area contributed by atoms with Crippen LogP contribution in [0, 0.1) is 5.92 Å². The maximum absolute atomic E-state index is 14.3. The van der Waals surface area contributed by atoms with Gasteiger partial charge in [-0.2, -0.15) is 0 Å². The molecule has 1 aromatic rings. The second kappa shape index (κ2) is 10.5. The Morgan fingerprint density at radius 1 is 1.25 bits per heavy atom. The number of ether oxygens (including phenoxy) is 1. The minimum Gasteiger partial charge on any atom is -0.393 e. The highest BCUT2D eigenvalue weighted by Gasteiger charge is 2.34. The van der Waals surface area contributed by atoms with Gasteiger partial charge in [0.1, 0.15) is 0 Å². The van der Waals surface area contributed by atoms with Crippen molar-refractivity contribution in [2.24, 2.45) is 11.7 Å². The van der Waals surface area contributed by atoms with Gasteiger partial charge in [0.15, 0.2) is 5.67 Å². The summed E-state index contributed by atoms with van der Waals surface area (Å²) in [6.07, 6.45) is 0.776. The molecule has 1 aliphatic rings. The van der Waals surface area contributed by atoms with Crippen LogP contribution >= 0.6 is 0 Å². The number of aliphatic hydroxyl groups is 1. The SMILES string of the molecule is CC(F)(CC[C@H](C[C@@H](O)CCc1ccccc1)C(=O)N1CCOCC1)C(N)=O. The molecular weight excluding hydrogens is 363 g/mol. The first-order chi connectivity index (χ1) is 13.3. The van der Waals surface area contributed by atoms with Crippen molar-refractivity contribution in [1.29, 1.82) is 0 Å². The van der Waals surface area contributed by atoms with E-state index in [0.29, 0.717) is 39.1 Å². The van der Waals surface area contributed by atoms with Gasteiger partial charge in [-0.1, -0.05) is 30.3 Å². The van der Waals surface area contributed by atoms with Crippen molar-refractivity contribution in [3.8, 4) is 0 Å². The topological polar surface area (TPSA) is 92.9 Å². The lowest BCUT2D eigenvalue weighted by atomic mass is 9.88. The first-order valence-corrected chi connectivity index (χ1v) is 9.87. The molecule has 0 aromatic heterocycles. The molecule has 156 valence electrons.